The van der Waals surface area contributed by atoms with Crippen LogP contribution in [0.25, 0.3) is 6.08 Å². The average Bonchev–Trinajstić information content (AvgIpc) is 2.96. The van der Waals surface area contributed by atoms with Crippen molar-refractivity contribution in [3.05, 3.63) is 52.4 Å². The van der Waals surface area contributed by atoms with Crippen LogP contribution in [0.2, 0.25) is 0 Å². The Labute approximate surface area is 115 Å². The molecule has 1 amide bonds. The predicted octanol–water partition coefficient (Wildman–Crippen LogP) is 2.48. The zero-order valence-electron chi connectivity index (χ0n) is 10.5. The Balaban J connectivity index is 1.82. The lowest BCUT2D eigenvalue weighted by Crippen LogP contribution is -2.20. The van der Waals surface area contributed by atoms with E-state index in [1.807, 2.05) is 23.6 Å². The Hall–Kier alpha value is -2.14. The first-order valence-corrected chi connectivity index (χ1v) is 6.64. The molecule has 0 aliphatic carbocycles. The van der Waals surface area contributed by atoms with E-state index in [9.17, 15) is 4.79 Å². The van der Waals surface area contributed by atoms with Crippen molar-refractivity contribution in [2.75, 3.05) is 7.11 Å². The highest BCUT2D eigenvalue weighted by Gasteiger charge is 1.98. The minimum absolute atomic E-state index is 0.121. The van der Waals surface area contributed by atoms with Crippen LogP contribution in [-0.2, 0) is 11.3 Å². The molecule has 4 nitrogen and oxygen atoms in total. The van der Waals surface area contributed by atoms with E-state index in [4.69, 9.17) is 4.74 Å². The van der Waals surface area contributed by atoms with E-state index in [1.54, 1.807) is 36.8 Å². The number of thiophene rings is 1. The van der Waals surface area contributed by atoms with Gasteiger partial charge in [0.1, 0.15) is 0 Å². The van der Waals surface area contributed by atoms with Crippen molar-refractivity contribution >= 4 is 23.3 Å². The van der Waals surface area contributed by atoms with Crippen LogP contribution in [0.15, 0.2) is 41.9 Å². The summed E-state index contributed by atoms with van der Waals surface area (Å²) < 4.78 is 4.97. The number of ether oxygens (including phenoxy) is 1. The van der Waals surface area contributed by atoms with Crippen molar-refractivity contribution in [3.63, 3.8) is 0 Å². The van der Waals surface area contributed by atoms with Crippen LogP contribution >= 0.6 is 11.3 Å². The molecule has 0 aromatic carbocycles. The van der Waals surface area contributed by atoms with Gasteiger partial charge >= 0.3 is 0 Å². The van der Waals surface area contributed by atoms with E-state index in [2.05, 4.69) is 10.3 Å². The van der Waals surface area contributed by atoms with E-state index in [0.717, 1.165) is 10.4 Å². The molecular weight excluding hydrogens is 260 g/mol. The SMILES string of the molecule is COc1ccc(CNC(=O)/C=C/c2cccs2)cn1. The van der Waals surface area contributed by atoms with Gasteiger partial charge in [0.05, 0.1) is 7.11 Å². The first-order valence-electron chi connectivity index (χ1n) is 5.76. The molecular formula is C14H14N2O2S. The van der Waals surface area contributed by atoms with Crippen LogP contribution in [0.1, 0.15) is 10.4 Å². The highest BCUT2D eigenvalue weighted by molar-refractivity contribution is 7.10. The molecule has 2 aromatic rings. The van der Waals surface area contributed by atoms with E-state index in [1.165, 1.54) is 6.08 Å². The first kappa shape index (κ1) is 13.3. The van der Waals surface area contributed by atoms with Gasteiger partial charge in [0.2, 0.25) is 11.8 Å². The van der Waals surface area contributed by atoms with Gasteiger partial charge in [-0.3, -0.25) is 4.79 Å². The number of nitrogens with zero attached hydrogens (tertiary/aromatic N) is 1. The Morgan fingerprint density at radius 2 is 2.37 bits per heavy atom. The Morgan fingerprint density at radius 3 is 3.00 bits per heavy atom. The summed E-state index contributed by atoms with van der Waals surface area (Å²) in [5.74, 6) is 0.442. The summed E-state index contributed by atoms with van der Waals surface area (Å²) in [5.41, 5.74) is 0.929. The van der Waals surface area contributed by atoms with Crippen LogP contribution < -0.4 is 10.1 Å². The molecule has 0 saturated carbocycles. The zero-order valence-corrected chi connectivity index (χ0v) is 11.3. The molecule has 19 heavy (non-hydrogen) atoms. The summed E-state index contributed by atoms with van der Waals surface area (Å²) in [6.07, 6.45) is 5.01. The van der Waals surface area contributed by atoms with E-state index in [0.29, 0.717) is 12.4 Å². The minimum Gasteiger partial charge on any atom is -0.481 e. The van der Waals surface area contributed by atoms with Crippen molar-refractivity contribution in [1.82, 2.24) is 10.3 Å². The predicted molar refractivity (Wildman–Crippen MR) is 76.0 cm³/mol. The van der Waals surface area contributed by atoms with Gasteiger partial charge in [-0.2, -0.15) is 0 Å². The van der Waals surface area contributed by atoms with Crippen LogP contribution in [-0.4, -0.2) is 18.0 Å². The maximum absolute atomic E-state index is 11.6. The van der Waals surface area contributed by atoms with E-state index >= 15 is 0 Å². The maximum atomic E-state index is 11.6. The van der Waals surface area contributed by atoms with Crippen molar-refractivity contribution in [2.24, 2.45) is 0 Å². The monoisotopic (exact) mass is 274 g/mol. The number of methoxy groups -OCH3 is 1. The molecule has 5 heteroatoms. The molecule has 1 N–H and O–H groups in total. The normalized spacial score (nSPS) is 10.6. The summed E-state index contributed by atoms with van der Waals surface area (Å²) in [4.78, 5) is 16.7. The Morgan fingerprint density at radius 1 is 1.47 bits per heavy atom. The van der Waals surface area contributed by atoms with E-state index < -0.39 is 0 Å². The third-order valence-electron chi connectivity index (χ3n) is 2.42. The molecule has 0 saturated heterocycles. The topological polar surface area (TPSA) is 51.2 Å². The van der Waals surface area contributed by atoms with Crippen molar-refractivity contribution in [2.45, 2.75) is 6.54 Å². The lowest BCUT2D eigenvalue weighted by Gasteiger charge is -2.03. The van der Waals surface area contributed by atoms with Crippen LogP contribution in [0, 0.1) is 0 Å². The number of hydrogen-bond acceptors (Lipinski definition) is 4. The Bertz CT molecular complexity index is 547. The van der Waals surface area contributed by atoms with Crippen molar-refractivity contribution < 1.29 is 9.53 Å². The number of amides is 1. The van der Waals surface area contributed by atoms with Crippen molar-refractivity contribution in [3.8, 4) is 5.88 Å². The maximum Gasteiger partial charge on any atom is 0.244 e. The highest BCUT2D eigenvalue weighted by Crippen LogP contribution is 2.10. The molecule has 2 rings (SSSR count). The van der Waals surface area contributed by atoms with Crippen molar-refractivity contribution in [1.29, 1.82) is 0 Å². The molecule has 0 aliphatic rings. The number of pyridine rings is 1. The van der Waals surface area contributed by atoms with Crippen LogP contribution in [0.5, 0.6) is 5.88 Å². The van der Waals surface area contributed by atoms with Gasteiger partial charge < -0.3 is 10.1 Å². The number of aromatic nitrogens is 1. The average molecular weight is 274 g/mol. The molecule has 98 valence electrons. The molecule has 0 radical (unpaired) electrons. The number of rotatable bonds is 5. The molecule has 2 aromatic heterocycles. The van der Waals surface area contributed by atoms with Gasteiger partial charge in [-0.25, -0.2) is 4.98 Å². The zero-order chi connectivity index (χ0) is 13.5. The van der Waals surface area contributed by atoms with Crippen LogP contribution in [0.3, 0.4) is 0 Å². The largest absolute Gasteiger partial charge is 0.481 e. The van der Waals surface area contributed by atoms with Gasteiger partial charge in [-0.05, 0) is 23.1 Å². The number of carbonyl (C=O) groups excluding carboxylic acids is 1. The summed E-state index contributed by atoms with van der Waals surface area (Å²) in [7, 11) is 1.57. The van der Waals surface area contributed by atoms with Crippen LogP contribution in [0.4, 0.5) is 0 Å². The standard InChI is InChI=1S/C14H14N2O2S/c1-18-14-7-4-11(10-16-14)9-15-13(17)6-5-12-3-2-8-19-12/h2-8,10H,9H2,1H3,(H,15,17)/b6-5+. The third kappa shape index (κ3) is 4.22. The molecule has 0 unspecified atom stereocenters. The molecule has 0 bridgehead atoms. The number of carbonyl (C=O) groups is 1. The highest BCUT2D eigenvalue weighted by atomic mass is 32.1. The second-order valence-corrected chi connectivity index (χ2v) is 4.75. The Kier molecular flexibility index (Phi) is 4.69. The van der Waals surface area contributed by atoms with Gasteiger partial charge in [0.25, 0.3) is 0 Å². The molecule has 0 fully saturated rings. The molecule has 0 spiro atoms. The number of nitrogens with one attached hydrogen (secondary N) is 1. The van der Waals surface area contributed by atoms with E-state index in [-0.39, 0.29) is 5.91 Å². The van der Waals surface area contributed by atoms with Gasteiger partial charge in [-0.15, -0.1) is 11.3 Å². The summed E-state index contributed by atoms with van der Waals surface area (Å²) >= 11 is 1.59. The lowest BCUT2D eigenvalue weighted by atomic mass is 10.3. The van der Waals surface area contributed by atoms with Gasteiger partial charge in [-0.1, -0.05) is 12.1 Å². The number of hydrogen-bond donors (Lipinski definition) is 1. The molecule has 0 aliphatic heterocycles. The summed E-state index contributed by atoms with van der Waals surface area (Å²) in [6.45, 7) is 0.449. The second kappa shape index (κ2) is 6.70. The minimum atomic E-state index is -0.121. The van der Waals surface area contributed by atoms with Gasteiger partial charge in [0, 0.05) is 29.8 Å². The fourth-order valence-electron chi connectivity index (χ4n) is 1.43. The molecule has 0 atom stereocenters. The fourth-order valence-corrected chi connectivity index (χ4v) is 2.05. The summed E-state index contributed by atoms with van der Waals surface area (Å²) in [5, 5.41) is 4.77. The molecule has 2 heterocycles. The summed E-state index contributed by atoms with van der Waals surface area (Å²) in [6, 6.07) is 7.55. The third-order valence-corrected chi connectivity index (χ3v) is 3.25. The second-order valence-electron chi connectivity index (χ2n) is 3.78. The first-order chi connectivity index (χ1) is 9.28. The quantitative estimate of drug-likeness (QED) is 0.852. The van der Waals surface area contributed by atoms with Gasteiger partial charge in [0.15, 0.2) is 0 Å². The smallest absolute Gasteiger partial charge is 0.244 e. The fraction of sp³-hybridized carbons (Fsp3) is 0.143. The lowest BCUT2D eigenvalue weighted by molar-refractivity contribution is -0.116.